The number of guanidine groups is 1. The van der Waals surface area contributed by atoms with Crippen LogP contribution in [0, 0.1) is 11.6 Å². The molecule has 0 bridgehead atoms. The van der Waals surface area contributed by atoms with Gasteiger partial charge >= 0.3 is 0 Å². The van der Waals surface area contributed by atoms with E-state index in [4.69, 9.17) is 4.74 Å². The number of aryl methyl sites for hydroxylation is 1. The predicted molar refractivity (Wildman–Crippen MR) is 113 cm³/mol. The number of aromatic nitrogens is 2. The molecule has 0 amide bonds. The van der Waals surface area contributed by atoms with Crippen molar-refractivity contribution >= 4 is 29.9 Å². The number of aliphatic imine (C=N–C) groups is 1. The minimum Gasteiger partial charge on any atom is -0.370 e. The Kier molecular flexibility index (Phi) is 6.54. The molecule has 9 heteroatoms. The molecule has 1 aromatic heterocycles. The summed E-state index contributed by atoms with van der Waals surface area (Å²) in [7, 11) is 3.59. The van der Waals surface area contributed by atoms with Crippen LogP contribution >= 0.6 is 24.0 Å². The molecule has 2 aliphatic rings. The van der Waals surface area contributed by atoms with Crippen LogP contribution in [-0.4, -0.2) is 53.4 Å². The lowest BCUT2D eigenvalue weighted by Crippen LogP contribution is -2.49. The van der Waals surface area contributed by atoms with E-state index in [0.717, 1.165) is 11.5 Å². The quantitative estimate of drug-likeness (QED) is 0.398. The van der Waals surface area contributed by atoms with Crippen molar-refractivity contribution in [2.24, 2.45) is 12.0 Å². The number of nitrogens with one attached hydrogen (secondary N) is 1. The maximum Gasteiger partial charge on any atom is 0.194 e. The summed E-state index contributed by atoms with van der Waals surface area (Å²) in [6.45, 7) is 1.94. The molecule has 1 saturated carbocycles. The van der Waals surface area contributed by atoms with Gasteiger partial charge in [0, 0.05) is 49.9 Å². The van der Waals surface area contributed by atoms with E-state index in [1.54, 1.807) is 11.7 Å². The van der Waals surface area contributed by atoms with Crippen LogP contribution in [0.3, 0.4) is 0 Å². The van der Waals surface area contributed by atoms with Gasteiger partial charge in [0.05, 0.1) is 19.3 Å². The third-order valence-electron chi connectivity index (χ3n) is 5.15. The van der Waals surface area contributed by atoms with Crippen molar-refractivity contribution in [3.8, 4) is 0 Å². The maximum absolute atomic E-state index is 14.0. The number of hydrogen-bond acceptors (Lipinski definition) is 3. The normalized spacial score (nSPS) is 24.6. The van der Waals surface area contributed by atoms with Gasteiger partial charge in [0.15, 0.2) is 5.96 Å². The lowest BCUT2D eigenvalue weighted by Gasteiger charge is -2.34. The van der Waals surface area contributed by atoms with E-state index in [-0.39, 0.29) is 47.6 Å². The molecule has 3 atom stereocenters. The zero-order valence-electron chi connectivity index (χ0n) is 15.8. The molecule has 0 spiro atoms. The Morgan fingerprint density at radius 1 is 1.32 bits per heavy atom. The van der Waals surface area contributed by atoms with Crippen molar-refractivity contribution < 1.29 is 13.5 Å². The molecule has 2 fully saturated rings. The van der Waals surface area contributed by atoms with Crippen LogP contribution in [-0.2, 0) is 11.8 Å². The van der Waals surface area contributed by atoms with Gasteiger partial charge in [0.1, 0.15) is 17.7 Å². The summed E-state index contributed by atoms with van der Waals surface area (Å²) in [5.41, 5.74) is 1.19. The first-order valence-corrected chi connectivity index (χ1v) is 9.09. The highest BCUT2D eigenvalue weighted by molar-refractivity contribution is 14.0. The summed E-state index contributed by atoms with van der Waals surface area (Å²) in [4.78, 5) is 6.49. The zero-order valence-corrected chi connectivity index (χ0v) is 18.1. The van der Waals surface area contributed by atoms with Crippen LogP contribution in [0.2, 0.25) is 0 Å². The molecular formula is C19H24F2IN5O. The number of rotatable bonds is 3. The fourth-order valence-electron chi connectivity index (χ4n) is 3.65. The van der Waals surface area contributed by atoms with E-state index in [1.165, 1.54) is 18.2 Å². The highest BCUT2D eigenvalue weighted by Gasteiger charge is 2.43. The lowest BCUT2D eigenvalue weighted by molar-refractivity contribution is -0.00806. The van der Waals surface area contributed by atoms with Crippen molar-refractivity contribution in [1.29, 1.82) is 0 Å². The highest BCUT2D eigenvalue weighted by Crippen LogP contribution is 2.43. The molecule has 152 valence electrons. The van der Waals surface area contributed by atoms with Crippen LogP contribution in [0.4, 0.5) is 8.78 Å². The summed E-state index contributed by atoms with van der Waals surface area (Å²) < 4.78 is 35.6. The SMILES string of the molecule is CN=C(NC1CC1c1c(F)cccc1F)N1CCOC(c2cnn(C)c2)C1.I. The Morgan fingerprint density at radius 2 is 2.07 bits per heavy atom. The molecular weight excluding hydrogens is 479 g/mol. The second-order valence-corrected chi connectivity index (χ2v) is 7.03. The molecule has 28 heavy (non-hydrogen) atoms. The first kappa shape index (κ1) is 21.0. The fourth-order valence-corrected chi connectivity index (χ4v) is 3.65. The minimum atomic E-state index is -0.484. The van der Waals surface area contributed by atoms with E-state index < -0.39 is 11.6 Å². The number of hydrogen-bond donors (Lipinski definition) is 1. The number of halogens is 3. The van der Waals surface area contributed by atoms with Crippen LogP contribution < -0.4 is 5.32 Å². The standard InChI is InChI=1S/C19H23F2N5O.HI/c1-22-19(24-16-8-13(16)18-14(20)4-3-5-15(18)21)26-6-7-27-17(11-26)12-9-23-25(2)10-12;/h3-5,9-10,13,16-17H,6-8,11H2,1-2H3,(H,22,24);1H. The lowest BCUT2D eigenvalue weighted by atomic mass is 10.1. The molecule has 1 aromatic carbocycles. The summed E-state index contributed by atoms with van der Waals surface area (Å²) >= 11 is 0. The number of morpholine rings is 1. The van der Waals surface area contributed by atoms with Crippen LogP contribution in [0.1, 0.15) is 29.6 Å². The van der Waals surface area contributed by atoms with Crippen LogP contribution in [0.5, 0.6) is 0 Å². The summed E-state index contributed by atoms with van der Waals surface area (Å²) in [5.74, 6) is -0.404. The fraction of sp³-hybridized carbons (Fsp3) is 0.474. The maximum atomic E-state index is 14.0. The molecule has 6 nitrogen and oxygen atoms in total. The molecule has 1 saturated heterocycles. The van der Waals surface area contributed by atoms with Crippen LogP contribution in [0.15, 0.2) is 35.6 Å². The number of benzene rings is 1. The third kappa shape index (κ3) is 4.29. The van der Waals surface area contributed by atoms with Gasteiger partial charge in [0.2, 0.25) is 0 Å². The van der Waals surface area contributed by atoms with E-state index in [9.17, 15) is 8.78 Å². The van der Waals surface area contributed by atoms with Gasteiger partial charge < -0.3 is 15.0 Å². The van der Waals surface area contributed by atoms with Gasteiger partial charge in [-0.15, -0.1) is 24.0 Å². The monoisotopic (exact) mass is 503 g/mol. The van der Waals surface area contributed by atoms with E-state index in [0.29, 0.717) is 26.1 Å². The van der Waals surface area contributed by atoms with Gasteiger partial charge in [-0.1, -0.05) is 6.07 Å². The topological polar surface area (TPSA) is 54.7 Å². The van der Waals surface area contributed by atoms with Crippen LogP contribution in [0.25, 0.3) is 0 Å². The molecule has 2 heterocycles. The van der Waals surface area contributed by atoms with Crippen molar-refractivity contribution in [1.82, 2.24) is 20.0 Å². The van der Waals surface area contributed by atoms with Gasteiger partial charge in [0.25, 0.3) is 0 Å². The van der Waals surface area contributed by atoms with Crippen molar-refractivity contribution in [2.75, 3.05) is 26.7 Å². The summed E-state index contributed by atoms with van der Waals surface area (Å²) in [6.07, 6.45) is 4.36. The Balaban J connectivity index is 0.00000225. The highest BCUT2D eigenvalue weighted by atomic mass is 127. The largest absolute Gasteiger partial charge is 0.370 e. The number of ether oxygens (including phenoxy) is 1. The third-order valence-corrected chi connectivity index (χ3v) is 5.15. The van der Waals surface area contributed by atoms with Crippen molar-refractivity contribution in [2.45, 2.75) is 24.5 Å². The van der Waals surface area contributed by atoms with Crippen molar-refractivity contribution in [3.05, 3.63) is 53.4 Å². The molecule has 1 aliphatic heterocycles. The second-order valence-electron chi connectivity index (χ2n) is 7.03. The molecule has 4 rings (SSSR count). The van der Waals surface area contributed by atoms with Crippen molar-refractivity contribution in [3.63, 3.8) is 0 Å². The van der Waals surface area contributed by atoms with E-state index in [2.05, 4.69) is 20.3 Å². The minimum absolute atomic E-state index is 0. The first-order chi connectivity index (χ1) is 13.1. The first-order valence-electron chi connectivity index (χ1n) is 9.09. The van der Waals surface area contributed by atoms with Gasteiger partial charge in [-0.2, -0.15) is 5.10 Å². The van der Waals surface area contributed by atoms with Gasteiger partial charge in [-0.25, -0.2) is 8.78 Å². The average Bonchev–Trinajstić information content (AvgIpc) is 3.27. The Labute approximate surface area is 180 Å². The molecule has 2 aromatic rings. The Morgan fingerprint density at radius 3 is 2.71 bits per heavy atom. The Hall–Kier alpha value is -1.75. The summed E-state index contributed by atoms with van der Waals surface area (Å²) in [5, 5.41) is 7.56. The molecule has 1 aliphatic carbocycles. The average molecular weight is 503 g/mol. The van der Waals surface area contributed by atoms with E-state index in [1.807, 2.05) is 19.4 Å². The van der Waals surface area contributed by atoms with E-state index >= 15 is 0 Å². The Bertz CT molecular complexity index is 838. The molecule has 3 unspecified atom stereocenters. The molecule has 1 N–H and O–H groups in total. The van der Waals surface area contributed by atoms with Gasteiger partial charge in [-0.05, 0) is 18.6 Å². The zero-order chi connectivity index (χ0) is 19.0. The second kappa shape index (κ2) is 8.73. The predicted octanol–water partition coefficient (Wildman–Crippen LogP) is 2.82. The summed E-state index contributed by atoms with van der Waals surface area (Å²) in [6, 6.07) is 3.99. The number of nitrogens with zero attached hydrogens (tertiary/aromatic N) is 4. The molecule has 0 radical (unpaired) electrons. The smallest absolute Gasteiger partial charge is 0.194 e. The van der Waals surface area contributed by atoms with Gasteiger partial charge in [-0.3, -0.25) is 9.67 Å².